The van der Waals surface area contributed by atoms with Crippen LogP contribution < -0.4 is 5.32 Å². The van der Waals surface area contributed by atoms with Gasteiger partial charge in [0, 0.05) is 43.2 Å². The van der Waals surface area contributed by atoms with Gasteiger partial charge in [-0.3, -0.25) is 14.6 Å². The Morgan fingerprint density at radius 2 is 1.76 bits per heavy atom. The maximum atomic E-state index is 14.1. The third kappa shape index (κ3) is 6.35. The number of H-pyrrole nitrogens is 1. The average Bonchev–Trinajstić information content (AvgIpc) is 3.42. The smallest absolute Gasteiger partial charge is 0.232 e. The quantitative estimate of drug-likeness (QED) is 0.144. The van der Waals surface area contributed by atoms with Gasteiger partial charge < -0.3 is 15.2 Å². The maximum absolute atomic E-state index is 14.1. The van der Waals surface area contributed by atoms with Gasteiger partial charge in [0.05, 0.1) is 11.1 Å². The van der Waals surface area contributed by atoms with E-state index in [9.17, 15) is 9.59 Å². The molecule has 2 bridgehead atoms. The van der Waals surface area contributed by atoms with Gasteiger partial charge in [-0.15, -0.1) is 0 Å². The van der Waals surface area contributed by atoms with Crippen LogP contribution >= 0.6 is 0 Å². The van der Waals surface area contributed by atoms with Crippen molar-refractivity contribution in [1.29, 1.82) is 0 Å². The van der Waals surface area contributed by atoms with E-state index in [1.54, 1.807) is 13.1 Å². The molecule has 2 N–H and O–H groups in total. The minimum atomic E-state index is -0.606. The number of hydrogen-bond donors (Lipinski definition) is 2. The van der Waals surface area contributed by atoms with Crippen LogP contribution in [0, 0.1) is 19.8 Å². The molecule has 1 atom stereocenters. The van der Waals surface area contributed by atoms with Crippen molar-refractivity contribution in [3.63, 3.8) is 0 Å². The molecule has 45 heavy (non-hydrogen) atoms. The standard InChI is InChI=1S/C39H48N4O2/c1-24-17-25(2)19-30(18-24)37-36(26(3)22-40-15-13-28-14-16-41-35(20-28)27(4)44)33-21-31(9-12-34(33)42-37)39(5,6)38(45)43-23-29-7-10-32(43)11-8-29/h9,12,14,16-21,26,29,32,40,42H,7-8,10-11,13,15,22-23H2,1-6H3/t26-,29?,32?/m1/s1. The zero-order valence-corrected chi connectivity index (χ0v) is 27.8. The third-order valence-corrected chi connectivity index (χ3v) is 10.3. The molecule has 4 aromatic rings. The van der Waals surface area contributed by atoms with Crippen LogP contribution in [0.15, 0.2) is 54.7 Å². The highest BCUT2D eigenvalue weighted by Crippen LogP contribution is 2.41. The topological polar surface area (TPSA) is 78.1 Å². The van der Waals surface area contributed by atoms with Crippen LogP contribution in [0.3, 0.4) is 0 Å². The number of carbonyl (C=O) groups excluding carboxylic acids is 2. The predicted octanol–water partition coefficient (Wildman–Crippen LogP) is 7.66. The molecular weight excluding hydrogens is 556 g/mol. The number of rotatable bonds is 10. The van der Waals surface area contributed by atoms with E-state index in [1.165, 1.54) is 40.5 Å². The lowest BCUT2D eigenvalue weighted by atomic mass is 9.76. The second kappa shape index (κ2) is 12.6. The second-order valence-corrected chi connectivity index (χ2v) is 14.3. The van der Waals surface area contributed by atoms with Gasteiger partial charge in [0.15, 0.2) is 5.78 Å². The summed E-state index contributed by atoms with van der Waals surface area (Å²) in [7, 11) is 0. The molecule has 2 aliphatic heterocycles. The number of Topliss-reactive ketones (excluding diaryl/α,β-unsaturated/α-hetero) is 1. The largest absolute Gasteiger partial charge is 0.354 e. The first-order valence-corrected chi connectivity index (χ1v) is 16.7. The highest BCUT2D eigenvalue weighted by molar-refractivity contribution is 5.95. The number of nitrogens with one attached hydrogen (secondary N) is 2. The zero-order valence-electron chi connectivity index (χ0n) is 27.8. The van der Waals surface area contributed by atoms with Crippen molar-refractivity contribution in [1.82, 2.24) is 20.2 Å². The Balaban J connectivity index is 1.30. The van der Waals surface area contributed by atoms with Gasteiger partial charge in [0.2, 0.25) is 5.91 Å². The number of piperidine rings is 2. The molecule has 1 aliphatic carbocycles. The molecule has 1 amide bonds. The summed E-state index contributed by atoms with van der Waals surface area (Å²) in [6.45, 7) is 14.9. The number of pyridine rings is 1. The molecule has 6 nitrogen and oxygen atoms in total. The highest BCUT2D eigenvalue weighted by atomic mass is 16.2. The molecule has 3 aliphatic rings. The summed E-state index contributed by atoms with van der Waals surface area (Å²) < 4.78 is 0. The summed E-state index contributed by atoms with van der Waals surface area (Å²) in [6, 6.07) is 17.6. The van der Waals surface area contributed by atoms with Gasteiger partial charge in [0.1, 0.15) is 5.69 Å². The molecule has 0 unspecified atom stereocenters. The average molecular weight is 605 g/mol. The van der Waals surface area contributed by atoms with E-state index in [-0.39, 0.29) is 17.6 Å². The van der Waals surface area contributed by atoms with Gasteiger partial charge >= 0.3 is 0 Å². The Morgan fingerprint density at radius 3 is 2.42 bits per heavy atom. The number of fused-ring (bicyclic) bond motifs is 4. The summed E-state index contributed by atoms with van der Waals surface area (Å²) in [4.78, 5) is 36.0. The van der Waals surface area contributed by atoms with Crippen molar-refractivity contribution >= 4 is 22.6 Å². The third-order valence-electron chi connectivity index (χ3n) is 10.3. The van der Waals surface area contributed by atoms with Crippen molar-refractivity contribution in [2.75, 3.05) is 19.6 Å². The van der Waals surface area contributed by atoms with Gasteiger partial charge in [-0.25, -0.2) is 0 Å². The molecule has 0 radical (unpaired) electrons. The van der Waals surface area contributed by atoms with Crippen molar-refractivity contribution in [3.05, 3.63) is 88.2 Å². The Kier molecular flexibility index (Phi) is 8.71. The molecule has 4 heterocycles. The SMILES string of the molecule is CC(=O)c1cc(CCNC[C@@H](C)c2c(-c3cc(C)cc(C)c3)[nH]c3ccc(C(C)(C)C(=O)N4CC5CCC4CC5)cc23)ccn1. The van der Waals surface area contributed by atoms with Crippen molar-refractivity contribution in [2.45, 2.75) is 91.0 Å². The van der Waals surface area contributed by atoms with Crippen LogP contribution in [0.25, 0.3) is 22.2 Å². The van der Waals surface area contributed by atoms with E-state index in [0.29, 0.717) is 17.7 Å². The van der Waals surface area contributed by atoms with E-state index in [1.807, 2.05) is 12.1 Å². The number of aryl methyl sites for hydroxylation is 2. The predicted molar refractivity (Wildman–Crippen MR) is 183 cm³/mol. The molecule has 2 aromatic heterocycles. The van der Waals surface area contributed by atoms with Crippen molar-refractivity contribution in [3.8, 4) is 11.3 Å². The Morgan fingerprint density at radius 1 is 1.02 bits per heavy atom. The van der Waals surface area contributed by atoms with E-state index in [2.05, 4.69) is 91.2 Å². The van der Waals surface area contributed by atoms with E-state index in [0.717, 1.165) is 61.2 Å². The Bertz CT molecular complexity index is 1710. The van der Waals surface area contributed by atoms with Crippen LogP contribution in [0.4, 0.5) is 0 Å². The van der Waals surface area contributed by atoms with Crippen LogP contribution in [-0.2, 0) is 16.6 Å². The number of aromatic nitrogens is 2. The van der Waals surface area contributed by atoms with Crippen LogP contribution in [0.5, 0.6) is 0 Å². The molecule has 236 valence electrons. The van der Waals surface area contributed by atoms with Gasteiger partial charge in [-0.2, -0.15) is 0 Å². The summed E-state index contributed by atoms with van der Waals surface area (Å²) in [6.07, 6.45) is 7.38. The first-order valence-electron chi connectivity index (χ1n) is 16.7. The molecule has 3 fully saturated rings. The molecule has 7 rings (SSSR count). The number of benzene rings is 2. The van der Waals surface area contributed by atoms with E-state index < -0.39 is 5.41 Å². The fourth-order valence-electron chi connectivity index (χ4n) is 7.73. The lowest BCUT2D eigenvalue weighted by Crippen LogP contribution is -2.55. The zero-order chi connectivity index (χ0) is 31.9. The Hall–Kier alpha value is -3.77. The molecule has 0 spiro atoms. The van der Waals surface area contributed by atoms with Crippen LogP contribution in [0.2, 0.25) is 0 Å². The number of nitrogens with zero attached hydrogens (tertiary/aromatic N) is 2. The first kappa shape index (κ1) is 31.2. The van der Waals surface area contributed by atoms with E-state index >= 15 is 0 Å². The van der Waals surface area contributed by atoms with Gasteiger partial charge in [0.25, 0.3) is 0 Å². The fraction of sp³-hybridized carbons (Fsp3) is 0.462. The number of hydrogen-bond acceptors (Lipinski definition) is 4. The van der Waals surface area contributed by atoms with Gasteiger partial charge in [-0.05, 0) is 137 Å². The summed E-state index contributed by atoms with van der Waals surface area (Å²) in [5.41, 5.74) is 9.31. The normalized spacial score (nSPS) is 18.8. The fourth-order valence-corrected chi connectivity index (χ4v) is 7.73. The van der Waals surface area contributed by atoms with Gasteiger partial charge in [-0.1, -0.05) is 30.2 Å². The lowest BCUT2D eigenvalue weighted by molar-refractivity contribution is -0.144. The van der Waals surface area contributed by atoms with Crippen LogP contribution in [0.1, 0.15) is 97.6 Å². The maximum Gasteiger partial charge on any atom is 0.232 e. The van der Waals surface area contributed by atoms with Crippen molar-refractivity contribution < 1.29 is 9.59 Å². The summed E-state index contributed by atoms with van der Waals surface area (Å²) in [5.74, 6) is 1.13. The van der Waals surface area contributed by atoms with E-state index in [4.69, 9.17) is 0 Å². The number of amides is 1. The summed E-state index contributed by atoms with van der Waals surface area (Å²) >= 11 is 0. The molecule has 2 aromatic carbocycles. The number of ketones is 1. The minimum absolute atomic E-state index is 0.0101. The molecule has 1 saturated carbocycles. The molecule has 6 heteroatoms. The van der Waals surface area contributed by atoms with Crippen LogP contribution in [-0.4, -0.2) is 52.2 Å². The number of carbonyl (C=O) groups is 2. The summed E-state index contributed by atoms with van der Waals surface area (Å²) in [5, 5.41) is 4.87. The van der Waals surface area contributed by atoms with Crippen molar-refractivity contribution in [2.24, 2.45) is 5.92 Å². The number of aromatic amines is 1. The molecule has 2 saturated heterocycles. The Labute approximate surface area is 268 Å². The minimum Gasteiger partial charge on any atom is -0.354 e. The monoisotopic (exact) mass is 604 g/mol. The first-order chi connectivity index (χ1) is 21.5. The second-order valence-electron chi connectivity index (χ2n) is 14.3. The highest BCUT2D eigenvalue weighted by Gasteiger charge is 2.42. The molecular formula is C39H48N4O2. The lowest BCUT2D eigenvalue weighted by Gasteiger charge is -2.47.